The topological polar surface area (TPSA) is 88.8 Å². The van der Waals surface area contributed by atoms with Crippen LogP contribution < -0.4 is 9.64 Å². The van der Waals surface area contributed by atoms with Gasteiger partial charge in [-0.05, 0) is 29.0 Å². The lowest BCUT2D eigenvalue weighted by Crippen LogP contribution is -2.48. The molecule has 0 bridgehead atoms. The average molecular weight is 449 g/mol. The largest absolute Gasteiger partial charge is 0.496 e. The van der Waals surface area contributed by atoms with E-state index in [0.29, 0.717) is 37.5 Å². The van der Waals surface area contributed by atoms with E-state index in [1.807, 2.05) is 41.3 Å². The van der Waals surface area contributed by atoms with Crippen LogP contribution in [0.1, 0.15) is 10.4 Å². The molecule has 0 unspecified atom stereocenters. The van der Waals surface area contributed by atoms with E-state index >= 15 is 0 Å². The van der Waals surface area contributed by atoms with E-state index in [2.05, 4.69) is 9.88 Å². The maximum atomic E-state index is 13.3. The van der Waals surface area contributed by atoms with Crippen LogP contribution in [0.15, 0.2) is 54.6 Å². The van der Waals surface area contributed by atoms with Crippen LogP contribution in [0.25, 0.3) is 21.0 Å². The lowest BCUT2D eigenvalue weighted by atomic mass is 10.0. The zero-order chi connectivity index (χ0) is 22.2. The van der Waals surface area contributed by atoms with Gasteiger partial charge in [0.15, 0.2) is 5.13 Å². The van der Waals surface area contributed by atoms with Gasteiger partial charge in [-0.25, -0.2) is 4.98 Å². The first-order valence-corrected chi connectivity index (χ1v) is 11.0. The number of fused-ring (bicyclic) bond motifs is 2. The number of methoxy groups -OCH3 is 1. The number of nitro benzene ring substituents is 1. The number of benzene rings is 3. The van der Waals surface area contributed by atoms with Crippen LogP contribution in [0.4, 0.5) is 10.8 Å². The summed E-state index contributed by atoms with van der Waals surface area (Å²) in [6.45, 7) is 2.41. The Hall–Kier alpha value is -3.72. The van der Waals surface area contributed by atoms with Crippen molar-refractivity contribution in [3.8, 4) is 5.75 Å². The molecule has 0 radical (unpaired) electrons. The number of hydrogen-bond acceptors (Lipinski definition) is 7. The van der Waals surface area contributed by atoms with E-state index in [-0.39, 0.29) is 11.6 Å². The predicted octanol–water partition coefficient (Wildman–Crippen LogP) is 4.33. The second-order valence-electron chi connectivity index (χ2n) is 7.58. The molecule has 1 saturated heterocycles. The van der Waals surface area contributed by atoms with Gasteiger partial charge in [-0.15, -0.1) is 0 Å². The Morgan fingerprint density at radius 1 is 1.06 bits per heavy atom. The van der Waals surface area contributed by atoms with Gasteiger partial charge in [0.1, 0.15) is 5.75 Å². The summed E-state index contributed by atoms with van der Waals surface area (Å²) in [5.41, 5.74) is 1.37. The Balaban J connectivity index is 1.33. The molecule has 0 N–H and O–H groups in total. The highest BCUT2D eigenvalue weighted by Crippen LogP contribution is 2.32. The van der Waals surface area contributed by atoms with Gasteiger partial charge in [0.05, 0.1) is 27.8 Å². The molecule has 8 nitrogen and oxygen atoms in total. The van der Waals surface area contributed by atoms with Crippen molar-refractivity contribution in [1.82, 2.24) is 9.88 Å². The Bertz CT molecular complexity index is 1340. The number of hydrogen-bond donors (Lipinski definition) is 0. The molecular formula is C23H20N4O4S. The van der Waals surface area contributed by atoms with E-state index in [9.17, 15) is 14.9 Å². The molecule has 1 fully saturated rings. The van der Waals surface area contributed by atoms with Crippen molar-refractivity contribution in [2.45, 2.75) is 0 Å². The van der Waals surface area contributed by atoms with Crippen molar-refractivity contribution in [1.29, 1.82) is 0 Å². The molecule has 9 heteroatoms. The minimum absolute atomic E-state index is 0.0489. The summed E-state index contributed by atoms with van der Waals surface area (Å²) in [6, 6.07) is 16.4. The summed E-state index contributed by atoms with van der Waals surface area (Å²) < 4.78 is 6.29. The lowest BCUT2D eigenvalue weighted by Gasteiger charge is -2.34. The predicted molar refractivity (Wildman–Crippen MR) is 125 cm³/mol. The van der Waals surface area contributed by atoms with Crippen molar-refractivity contribution in [2.24, 2.45) is 0 Å². The molecule has 0 atom stereocenters. The third-order valence-corrected chi connectivity index (χ3v) is 6.79. The van der Waals surface area contributed by atoms with Gasteiger partial charge >= 0.3 is 0 Å². The highest BCUT2D eigenvalue weighted by atomic mass is 32.1. The number of nitrogens with zero attached hydrogens (tertiary/aromatic N) is 4. The van der Waals surface area contributed by atoms with Gasteiger partial charge in [-0.2, -0.15) is 0 Å². The monoisotopic (exact) mass is 448 g/mol. The molecule has 1 aliphatic rings. The van der Waals surface area contributed by atoms with Crippen LogP contribution in [-0.2, 0) is 0 Å². The number of non-ortho nitro benzene ring substituents is 1. The Labute approximate surface area is 187 Å². The normalized spacial score (nSPS) is 14.2. The van der Waals surface area contributed by atoms with Gasteiger partial charge < -0.3 is 14.5 Å². The molecule has 1 aromatic heterocycles. The molecule has 4 aromatic rings. The number of carbonyl (C=O) groups excluding carboxylic acids is 1. The maximum absolute atomic E-state index is 13.3. The fraction of sp³-hybridized carbons (Fsp3) is 0.217. The average Bonchev–Trinajstić information content (AvgIpc) is 3.26. The smallest absolute Gasteiger partial charge is 0.270 e. The minimum Gasteiger partial charge on any atom is -0.496 e. The lowest BCUT2D eigenvalue weighted by molar-refractivity contribution is -0.384. The SMILES string of the molecule is COc1cc2ccccc2cc1C(=O)N1CCN(c2nc3ccc([N+](=O)[O-])cc3s2)CC1. The number of rotatable bonds is 4. The molecule has 162 valence electrons. The van der Waals surface area contributed by atoms with Gasteiger partial charge in [0, 0.05) is 38.3 Å². The zero-order valence-electron chi connectivity index (χ0n) is 17.4. The van der Waals surface area contributed by atoms with E-state index in [1.165, 1.54) is 17.4 Å². The summed E-state index contributed by atoms with van der Waals surface area (Å²) in [5.74, 6) is 0.524. The minimum atomic E-state index is -0.399. The van der Waals surface area contributed by atoms with Gasteiger partial charge in [-0.1, -0.05) is 35.6 Å². The Morgan fingerprint density at radius 3 is 2.47 bits per heavy atom. The molecule has 1 aliphatic heterocycles. The van der Waals surface area contributed by atoms with Crippen molar-refractivity contribution in [3.05, 3.63) is 70.3 Å². The number of anilines is 1. The number of thiazole rings is 1. The fourth-order valence-electron chi connectivity index (χ4n) is 3.98. The number of nitro groups is 1. The molecular weight excluding hydrogens is 428 g/mol. The van der Waals surface area contributed by atoms with Gasteiger partial charge in [0.2, 0.25) is 0 Å². The fourth-order valence-corrected chi connectivity index (χ4v) is 5.03. The van der Waals surface area contributed by atoms with Crippen LogP contribution in [0.5, 0.6) is 5.75 Å². The molecule has 0 saturated carbocycles. The second-order valence-corrected chi connectivity index (χ2v) is 8.59. The van der Waals surface area contributed by atoms with Gasteiger partial charge in [0.25, 0.3) is 11.6 Å². The van der Waals surface area contributed by atoms with E-state index in [1.54, 1.807) is 19.2 Å². The van der Waals surface area contributed by atoms with Crippen LogP contribution in [0.3, 0.4) is 0 Å². The summed E-state index contributed by atoms with van der Waals surface area (Å²) in [6.07, 6.45) is 0. The van der Waals surface area contributed by atoms with Crippen molar-refractivity contribution in [2.75, 3.05) is 38.2 Å². The quantitative estimate of drug-likeness (QED) is 0.341. The highest BCUT2D eigenvalue weighted by Gasteiger charge is 2.26. The van der Waals surface area contributed by atoms with Crippen LogP contribution >= 0.6 is 11.3 Å². The first kappa shape index (κ1) is 20.2. The second kappa shape index (κ2) is 8.08. The van der Waals surface area contributed by atoms with E-state index in [4.69, 9.17) is 4.74 Å². The van der Waals surface area contributed by atoms with Crippen molar-refractivity contribution < 1.29 is 14.5 Å². The summed E-state index contributed by atoms with van der Waals surface area (Å²) in [4.78, 5) is 32.5. The van der Waals surface area contributed by atoms with Crippen LogP contribution in [-0.4, -0.2) is 54.0 Å². The molecule has 0 spiro atoms. The molecule has 1 amide bonds. The summed E-state index contributed by atoms with van der Waals surface area (Å²) in [5, 5.41) is 13.9. The van der Waals surface area contributed by atoms with Crippen LogP contribution in [0.2, 0.25) is 0 Å². The summed E-state index contributed by atoms with van der Waals surface area (Å²) >= 11 is 1.44. The van der Waals surface area contributed by atoms with Crippen molar-refractivity contribution >= 4 is 49.1 Å². The van der Waals surface area contributed by atoms with E-state index < -0.39 is 4.92 Å². The van der Waals surface area contributed by atoms with E-state index in [0.717, 1.165) is 26.1 Å². The highest BCUT2D eigenvalue weighted by molar-refractivity contribution is 7.22. The number of amides is 1. The maximum Gasteiger partial charge on any atom is 0.270 e. The first-order valence-electron chi connectivity index (χ1n) is 10.2. The molecule has 5 rings (SSSR count). The Morgan fingerprint density at radius 2 is 1.78 bits per heavy atom. The van der Waals surface area contributed by atoms with Crippen molar-refractivity contribution in [3.63, 3.8) is 0 Å². The third-order valence-electron chi connectivity index (χ3n) is 5.71. The molecule has 0 aliphatic carbocycles. The Kier molecular flexibility index (Phi) is 5.10. The number of ether oxygens (including phenoxy) is 1. The van der Waals surface area contributed by atoms with Crippen LogP contribution in [0, 0.1) is 10.1 Å². The number of aromatic nitrogens is 1. The zero-order valence-corrected chi connectivity index (χ0v) is 18.2. The number of piperazine rings is 1. The summed E-state index contributed by atoms with van der Waals surface area (Å²) in [7, 11) is 1.58. The molecule has 32 heavy (non-hydrogen) atoms. The standard InChI is InChI=1S/C23H20N4O4S/c1-31-20-13-16-5-3-2-4-15(16)12-18(20)22(28)25-8-10-26(11-9-25)23-24-19-7-6-17(27(29)30)14-21(19)32-23/h2-7,12-14H,8-11H2,1H3. The first-order chi connectivity index (χ1) is 15.5. The molecule has 3 aromatic carbocycles. The molecule has 2 heterocycles. The van der Waals surface area contributed by atoms with Gasteiger partial charge in [-0.3, -0.25) is 14.9 Å². The number of carbonyl (C=O) groups is 1. The third kappa shape index (κ3) is 3.60.